The molecular weight excluding hydrogens is 264 g/mol. The minimum absolute atomic E-state index is 0.149. The van der Waals surface area contributed by atoms with E-state index in [-0.39, 0.29) is 6.04 Å². The quantitative estimate of drug-likeness (QED) is 0.885. The standard InChI is InChI=1S/C17H24N2O2/c1-5-11-17(20,14-9-7-6-8-10-14)16-15(21-4)12-18-19(16)13(2)3/h6-10,12-13,20H,5,11H2,1-4H3. The van der Waals surface area contributed by atoms with Crippen LogP contribution in [0.15, 0.2) is 36.5 Å². The van der Waals surface area contributed by atoms with E-state index in [4.69, 9.17) is 4.74 Å². The molecule has 1 atom stereocenters. The largest absolute Gasteiger partial charge is 0.493 e. The SMILES string of the molecule is CCCC(O)(c1ccccc1)c1c(OC)cnn1C(C)C. The smallest absolute Gasteiger partial charge is 0.163 e. The molecule has 0 aliphatic heterocycles. The average Bonchev–Trinajstić information content (AvgIpc) is 2.93. The number of benzene rings is 1. The Kier molecular flexibility index (Phi) is 4.68. The summed E-state index contributed by atoms with van der Waals surface area (Å²) < 4.78 is 7.30. The molecule has 0 amide bonds. The van der Waals surface area contributed by atoms with E-state index in [1.165, 1.54) is 0 Å². The second kappa shape index (κ2) is 6.31. The van der Waals surface area contributed by atoms with Gasteiger partial charge in [0.2, 0.25) is 0 Å². The van der Waals surface area contributed by atoms with Gasteiger partial charge in [-0.1, -0.05) is 43.7 Å². The normalized spacial score (nSPS) is 14.2. The second-order valence-corrected chi connectivity index (χ2v) is 5.58. The van der Waals surface area contributed by atoms with Gasteiger partial charge in [-0.3, -0.25) is 4.68 Å². The molecule has 4 nitrogen and oxygen atoms in total. The number of hydrogen-bond acceptors (Lipinski definition) is 3. The Morgan fingerprint density at radius 2 is 1.95 bits per heavy atom. The minimum atomic E-state index is -1.10. The summed E-state index contributed by atoms with van der Waals surface area (Å²) >= 11 is 0. The molecule has 4 heteroatoms. The van der Waals surface area contributed by atoms with Crippen molar-refractivity contribution in [1.82, 2.24) is 9.78 Å². The van der Waals surface area contributed by atoms with Crippen LogP contribution >= 0.6 is 0 Å². The Hall–Kier alpha value is -1.81. The maximum absolute atomic E-state index is 11.4. The van der Waals surface area contributed by atoms with Crippen LogP contribution in [0.25, 0.3) is 0 Å². The summed E-state index contributed by atoms with van der Waals surface area (Å²) in [7, 11) is 1.61. The lowest BCUT2D eigenvalue weighted by Crippen LogP contribution is -2.31. The molecule has 0 aliphatic carbocycles. The van der Waals surface area contributed by atoms with Crippen LogP contribution in [0.3, 0.4) is 0 Å². The van der Waals surface area contributed by atoms with E-state index >= 15 is 0 Å². The number of methoxy groups -OCH3 is 1. The maximum Gasteiger partial charge on any atom is 0.163 e. The summed E-state index contributed by atoms with van der Waals surface area (Å²) in [4.78, 5) is 0. The molecule has 0 spiro atoms. The monoisotopic (exact) mass is 288 g/mol. The van der Waals surface area contributed by atoms with Gasteiger partial charge in [0, 0.05) is 6.04 Å². The van der Waals surface area contributed by atoms with Gasteiger partial charge in [-0.05, 0) is 25.8 Å². The Morgan fingerprint density at radius 3 is 2.48 bits per heavy atom. The molecule has 2 aromatic rings. The molecule has 21 heavy (non-hydrogen) atoms. The summed E-state index contributed by atoms with van der Waals surface area (Å²) in [5.74, 6) is 0.628. The van der Waals surface area contributed by atoms with Gasteiger partial charge in [0.05, 0.1) is 13.3 Å². The Balaban J connectivity index is 2.65. The molecule has 0 radical (unpaired) electrons. The van der Waals surface area contributed by atoms with Crippen LogP contribution in [0.1, 0.15) is 50.9 Å². The van der Waals surface area contributed by atoms with Crippen LogP contribution in [0, 0.1) is 0 Å². The molecule has 0 aliphatic rings. The predicted octanol–water partition coefficient (Wildman–Crippen LogP) is 3.51. The third-order valence-electron chi connectivity index (χ3n) is 3.73. The fourth-order valence-electron chi connectivity index (χ4n) is 2.76. The molecule has 1 aromatic heterocycles. The van der Waals surface area contributed by atoms with Crippen LogP contribution in [-0.2, 0) is 5.60 Å². The van der Waals surface area contributed by atoms with E-state index in [2.05, 4.69) is 12.0 Å². The Labute approximate surface area is 126 Å². The first-order valence-electron chi connectivity index (χ1n) is 7.44. The Morgan fingerprint density at radius 1 is 1.29 bits per heavy atom. The zero-order valence-corrected chi connectivity index (χ0v) is 13.2. The van der Waals surface area contributed by atoms with E-state index in [9.17, 15) is 5.11 Å². The van der Waals surface area contributed by atoms with Crippen LogP contribution < -0.4 is 4.74 Å². The lowest BCUT2D eigenvalue weighted by Gasteiger charge is -2.31. The highest BCUT2D eigenvalue weighted by molar-refractivity contribution is 5.40. The molecule has 0 saturated heterocycles. The van der Waals surface area contributed by atoms with Crippen molar-refractivity contribution in [3.63, 3.8) is 0 Å². The summed E-state index contributed by atoms with van der Waals surface area (Å²) in [5, 5.41) is 15.8. The molecule has 1 aromatic carbocycles. The van der Waals surface area contributed by atoms with Crippen LogP contribution in [0.2, 0.25) is 0 Å². The zero-order valence-electron chi connectivity index (χ0n) is 13.2. The fraction of sp³-hybridized carbons (Fsp3) is 0.471. The number of nitrogens with zero attached hydrogens (tertiary/aromatic N) is 2. The van der Waals surface area contributed by atoms with Crippen LogP contribution in [0.4, 0.5) is 0 Å². The first-order valence-corrected chi connectivity index (χ1v) is 7.44. The van der Waals surface area contributed by atoms with Crippen molar-refractivity contribution in [3.05, 3.63) is 47.8 Å². The number of rotatable bonds is 6. The first-order chi connectivity index (χ1) is 10.0. The van der Waals surface area contributed by atoms with Crippen molar-refractivity contribution in [3.8, 4) is 5.75 Å². The summed E-state index contributed by atoms with van der Waals surface area (Å²) in [6, 6.07) is 9.89. The predicted molar refractivity (Wildman–Crippen MR) is 83.5 cm³/mol. The number of hydrogen-bond donors (Lipinski definition) is 1. The highest BCUT2D eigenvalue weighted by Crippen LogP contribution is 2.40. The van der Waals surface area contributed by atoms with Crippen LogP contribution in [0.5, 0.6) is 5.75 Å². The molecule has 114 valence electrons. The van der Waals surface area contributed by atoms with Gasteiger partial charge in [-0.25, -0.2) is 0 Å². The van der Waals surface area contributed by atoms with E-state index < -0.39 is 5.60 Å². The van der Waals surface area contributed by atoms with Crippen molar-refractivity contribution in [2.75, 3.05) is 7.11 Å². The molecule has 1 N–H and O–H groups in total. The third-order valence-corrected chi connectivity index (χ3v) is 3.73. The molecule has 0 bridgehead atoms. The molecule has 1 heterocycles. The van der Waals surface area contributed by atoms with Gasteiger partial charge in [0.15, 0.2) is 5.75 Å². The molecule has 0 fully saturated rings. The number of aromatic nitrogens is 2. The molecule has 0 saturated carbocycles. The van der Waals surface area contributed by atoms with Crippen molar-refractivity contribution < 1.29 is 9.84 Å². The van der Waals surface area contributed by atoms with E-state index in [1.807, 2.05) is 48.9 Å². The lowest BCUT2D eigenvalue weighted by atomic mass is 9.85. The lowest BCUT2D eigenvalue weighted by molar-refractivity contribution is 0.0563. The van der Waals surface area contributed by atoms with Crippen LogP contribution in [-0.4, -0.2) is 22.0 Å². The minimum Gasteiger partial charge on any atom is -0.493 e. The number of aliphatic hydroxyl groups is 1. The van der Waals surface area contributed by atoms with Gasteiger partial charge in [-0.2, -0.15) is 5.10 Å². The molecular formula is C17H24N2O2. The number of ether oxygens (including phenoxy) is 1. The molecule has 1 unspecified atom stereocenters. The van der Waals surface area contributed by atoms with E-state index in [1.54, 1.807) is 13.3 Å². The highest BCUT2D eigenvalue weighted by atomic mass is 16.5. The summed E-state index contributed by atoms with van der Waals surface area (Å²) in [6.45, 7) is 6.16. The molecule has 2 rings (SSSR count). The van der Waals surface area contributed by atoms with Gasteiger partial charge < -0.3 is 9.84 Å². The summed E-state index contributed by atoms with van der Waals surface area (Å²) in [5.41, 5.74) is 0.503. The third kappa shape index (κ3) is 2.81. The van der Waals surface area contributed by atoms with Gasteiger partial charge in [0.1, 0.15) is 11.3 Å². The van der Waals surface area contributed by atoms with Crippen molar-refractivity contribution in [2.24, 2.45) is 0 Å². The van der Waals surface area contributed by atoms with Crippen molar-refractivity contribution in [2.45, 2.75) is 45.3 Å². The van der Waals surface area contributed by atoms with Gasteiger partial charge >= 0.3 is 0 Å². The highest BCUT2D eigenvalue weighted by Gasteiger charge is 2.37. The van der Waals surface area contributed by atoms with Crippen molar-refractivity contribution in [1.29, 1.82) is 0 Å². The fourth-order valence-corrected chi connectivity index (χ4v) is 2.76. The Bertz CT molecular complexity index is 578. The van der Waals surface area contributed by atoms with Crippen molar-refractivity contribution >= 4 is 0 Å². The first kappa shape index (κ1) is 15.6. The zero-order chi connectivity index (χ0) is 15.5. The average molecular weight is 288 g/mol. The maximum atomic E-state index is 11.4. The van der Waals surface area contributed by atoms with Gasteiger partial charge in [-0.15, -0.1) is 0 Å². The van der Waals surface area contributed by atoms with E-state index in [0.29, 0.717) is 12.2 Å². The topological polar surface area (TPSA) is 47.3 Å². The van der Waals surface area contributed by atoms with Gasteiger partial charge in [0.25, 0.3) is 0 Å². The summed E-state index contributed by atoms with van der Waals surface area (Å²) in [6.07, 6.45) is 3.16. The van der Waals surface area contributed by atoms with E-state index in [0.717, 1.165) is 17.7 Å². The second-order valence-electron chi connectivity index (χ2n) is 5.58.